The molecule has 0 N–H and O–H groups in total. The minimum atomic E-state index is -3.72. The average molecular weight is 445 g/mol. The highest BCUT2D eigenvalue weighted by Crippen LogP contribution is 2.36. The molecule has 0 atom stereocenters. The van der Waals surface area contributed by atoms with Gasteiger partial charge in [-0.15, -0.1) is 9.73 Å². The second-order valence-corrected chi connectivity index (χ2v) is 10.8. The van der Waals surface area contributed by atoms with E-state index >= 15 is 0 Å². The minimum Gasteiger partial charge on any atom is -0.224 e. The first-order chi connectivity index (χ1) is 14.1. The van der Waals surface area contributed by atoms with Crippen molar-refractivity contribution < 1.29 is 21.2 Å². The predicted octanol–water partition coefficient (Wildman–Crippen LogP) is 3.01. The van der Waals surface area contributed by atoms with E-state index in [4.69, 9.17) is 0 Å². The Balaban J connectivity index is 2.03. The van der Waals surface area contributed by atoms with Crippen LogP contribution in [0.25, 0.3) is 27.8 Å². The van der Waals surface area contributed by atoms with Crippen molar-refractivity contribution in [3.05, 3.63) is 66.6 Å². The highest BCUT2D eigenvalue weighted by Gasteiger charge is 2.21. The fourth-order valence-electron chi connectivity index (χ4n) is 3.16. The molecule has 0 unspecified atom stereocenters. The Kier molecular flexibility index (Phi) is 4.70. The highest BCUT2D eigenvalue weighted by molar-refractivity contribution is 7.91. The van der Waals surface area contributed by atoms with E-state index < -0.39 is 30.5 Å². The lowest BCUT2D eigenvalue weighted by atomic mass is 9.95. The van der Waals surface area contributed by atoms with Gasteiger partial charge in [0.1, 0.15) is 5.52 Å². The Bertz CT molecular complexity index is 1500. The fourth-order valence-corrected chi connectivity index (χ4v) is 4.35. The molecule has 0 aliphatic heterocycles. The Morgan fingerprint density at radius 3 is 2.17 bits per heavy atom. The van der Waals surface area contributed by atoms with E-state index in [-0.39, 0.29) is 10.4 Å². The summed E-state index contributed by atoms with van der Waals surface area (Å²) in [5.41, 5.74) is 2.19. The summed E-state index contributed by atoms with van der Waals surface area (Å²) in [4.78, 5) is 0.125. The van der Waals surface area contributed by atoms with Crippen LogP contribution in [0.5, 0.6) is 0 Å². The van der Waals surface area contributed by atoms with Gasteiger partial charge < -0.3 is 0 Å². The Labute approximate surface area is 172 Å². The summed E-state index contributed by atoms with van der Waals surface area (Å²) in [7, 11) is -7.19. The number of nitrogens with zero attached hydrogens (tertiary/aromatic N) is 3. The van der Waals surface area contributed by atoms with Gasteiger partial charge in [0.05, 0.1) is 11.1 Å². The average Bonchev–Trinajstić information content (AvgIpc) is 3.11. The molecule has 0 saturated carbocycles. The summed E-state index contributed by atoms with van der Waals surface area (Å²) >= 11 is 0. The lowest BCUT2D eigenvalue weighted by Gasteiger charge is -2.11. The maximum Gasteiger partial charge on any atom is 0.194 e. The summed E-state index contributed by atoms with van der Waals surface area (Å²) < 4.78 is 63.5. The molecule has 0 radical (unpaired) electrons. The summed E-state index contributed by atoms with van der Waals surface area (Å²) in [6, 6.07) is 14.5. The molecule has 0 bridgehead atoms. The van der Waals surface area contributed by atoms with Crippen LogP contribution in [-0.2, 0) is 19.7 Å². The number of hydrogen-bond donors (Lipinski definition) is 0. The van der Waals surface area contributed by atoms with Crippen LogP contribution in [0, 0.1) is 5.82 Å². The zero-order valence-electron chi connectivity index (χ0n) is 15.9. The molecule has 0 amide bonds. The van der Waals surface area contributed by atoms with E-state index in [0.29, 0.717) is 16.7 Å². The number of rotatable bonds is 4. The van der Waals surface area contributed by atoms with Gasteiger partial charge in [-0.2, -0.15) is 5.10 Å². The molecular weight excluding hydrogens is 429 g/mol. The molecule has 2 heterocycles. The molecule has 0 saturated heterocycles. The van der Waals surface area contributed by atoms with E-state index in [9.17, 15) is 21.2 Å². The number of aromatic nitrogens is 3. The van der Waals surface area contributed by atoms with Crippen LogP contribution in [-0.4, -0.2) is 44.2 Å². The van der Waals surface area contributed by atoms with Gasteiger partial charge in [0.15, 0.2) is 30.5 Å². The molecule has 30 heavy (non-hydrogen) atoms. The molecule has 2 aromatic carbocycles. The van der Waals surface area contributed by atoms with Crippen molar-refractivity contribution >= 4 is 25.2 Å². The van der Waals surface area contributed by atoms with Gasteiger partial charge in [-0.1, -0.05) is 36.4 Å². The number of fused-ring (bicyclic) bond motifs is 1. The van der Waals surface area contributed by atoms with E-state index in [2.05, 4.69) is 10.2 Å². The van der Waals surface area contributed by atoms with Crippen LogP contribution in [0.3, 0.4) is 0 Å². The quantitative estimate of drug-likeness (QED) is 0.479. The summed E-state index contributed by atoms with van der Waals surface area (Å²) in [6.45, 7) is 0. The smallest absolute Gasteiger partial charge is 0.194 e. The molecule has 0 aliphatic carbocycles. The molecule has 0 fully saturated rings. The van der Waals surface area contributed by atoms with Gasteiger partial charge in [-0.05, 0) is 28.8 Å². The largest absolute Gasteiger partial charge is 0.224 e. The lowest BCUT2D eigenvalue weighted by molar-refractivity contribution is 0.575. The van der Waals surface area contributed by atoms with Gasteiger partial charge >= 0.3 is 0 Å². The normalized spacial score (nSPS) is 12.4. The second kappa shape index (κ2) is 6.99. The maximum atomic E-state index is 14.9. The molecule has 7 nitrogen and oxygen atoms in total. The van der Waals surface area contributed by atoms with Crippen LogP contribution in [0.2, 0.25) is 0 Å². The van der Waals surface area contributed by atoms with Gasteiger partial charge in [-0.3, -0.25) is 0 Å². The third kappa shape index (κ3) is 3.59. The van der Waals surface area contributed by atoms with Gasteiger partial charge in [0.2, 0.25) is 0 Å². The van der Waals surface area contributed by atoms with Crippen molar-refractivity contribution in [1.82, 2.24) is 14.8 Å². The first-order valence-corrected chi connectivity index (χ1v) is 12.5. The first-order valence-electron chi connectivity index (χ1n) is 8.70. The SMILES string of the molecule is CS(=O)(=O)c1ccc(-c2cnn3nc(S(C)(=O)=O)cc(F)c23)c(-c2ccccc2)c1. The third-order valence-corrected chi connectivity index (χ3v) is 6.66. The van der Waals surface area contributed by atoms with E-state index in [1.807, 2.05) is 30.3 Å². The minimum absolute atomic E-state index is 0.00770. The summed E-state index contributed by atoms with van der Waals surface area (Å²) in [5, 5.41) is 7.48. The Morgan fingerprint density at radius 2 is 1.53 bits per heavy atom. The molecule has 0 aliphatic rings. The molecule has 2 aromatic heterocycles. The van der Waals surface area contributed by atoms with Crippen LogP contribution in [0.15, 0.2) is 70.7 Å². The topological polar surface area (TPSA) is 98.5 Å². The molecular formula is C20H16FN3O4S2. The van der Waals surface area contributed by atoms with Crippen molar-refractivity contribution in [1.29, 1.82) is 0 Å². The van der Waals surface area contributed by atoms with Crippen molar-refractivity contribution in [2.45, 2.75) is 9.92 Å². The predicted molar refractivity (Wildman–Crippen MR) is 110 cm³/mol. The highest BCUT2D eigenvalue weighted by atomic mass is 32.2. The maximum absolute atomic E-state index is 14.9. The van der Waals surface area contributed by atoms with E-state index in [1.165, 1.54) is 18.3 Å². The number of benzene rings is 2. The van der Waals surface area contributed by atoms with E-state index in [0.717, 1.165) is 28.8 Å². The van der Waals surface area contributed by atoms with Crippen LogP contribution >= 0.6 is 0 Å². The molecule has 4 aromatic rings. The zero-order chi connectivity index (χ0) is 21.7. The van der Waals surface area contributed by atoms with Gasteiger partial charge in [0, 0.05) is 24.1 Å². The standard InChI is InChI=1S/C20H16FN3O4S2/c1-29(25,26)14-8-9-15(16(10-14)13-6-4-3-5-7-13)17-12-22-24-20(17)18(21)11-19(23-24)30(2,27)28/h3-12H,1-2H3. The van der Waals surface area contributed by atoms with Crippen LogP contribution < -0.4 is 0 Å². The van der Waals surface area contributed by atoms with Crippen molar-refractivity contribution in [2.24, 2.45) is 0 Å². The second-order valence-electron chi connectivity index (χ2n) is 6.84. The number of halogens is 1. The van der Waals surface area contributed by atoms with Crippen LogP contribution in [0.1, 0.15) is 0 Å². The third-order valence-electron chi connectivity index (χ3n) is 4.60. The molecule has 4 rings (SSSR count). The Morgan fingerprint density at radius 1 is 0.833 bits per heavy atom. The lowest BCUT2D eigenvalue weighted by Crippen LogP contribution is -2.07. The molecule has 10 heteroatoms. The van der Waals surface area contributed by atoms with Crippen LogP contribution in [0.4, 0.5) is 4.39 Å². The molecule has 154 valence electrons. The van der Waals surface area contributed by atoms with Crippen molar-refractivity contribution in [2.75, 3.05) is 12.5 Å². The molecule has 0 spiro atoms. The van der Waals surface area contributed by atoms with Gasteiger partial charge in [0.25, 0.3) is 0 Å². The monoisotopic (exact) mass is 445 g/mol. The number of sulfone groups is 2. The zero-order valence-corrected chi connectivity index (χ0v) is 17.6. The number of hydrogen-bond acceptors (Lipinski definition) is 6. The summed E-state index contributed by atoms with van der Waals surface area (Å²) in [6.07, 6.45) is 3.42. The van der Waals surface area contributed by atoms with E-state index in [1.54, 1.807) is 6.07 Å². The van der Waals surface area contributed by atoms with Crippen molar-refractivity contribution in [3.8, 4) is 22.3 Å². The summed E-state index contributed by atoms with van der Waals surface area (Å²) in [5.74, 6) is -0.802. The fraction of sp³-hybridized carbons (Fsp3) is 0.100. The van der Waals surface area contributed by atoms with Gasteiger partial charge in [-0.25, -0.2) is 21.2 Å². The van der Waals surface area contributed by atoms with Crippen molar-refractivity contribution in [3.63, 3.8) is 0 Å². The first kappa shape index (κ1) is 20.2. The Hall–Kier alpha value is -3.11.